The third-order valence-electron chi connectivity index (χ3n) is 1.17. The Morgan fingerprint density at radius 1 is 1.42 bits per heavy atom. The maximum atomic E-state index is 5.34. The van der Waals surface area contributed by atoms with Gasteiger partial charge in [0.25, 0.3) is 0 Å². The van der Waals surface area contributed by atoms with Crippen molar-refractivity contribution in [2.45, 2.75) is 33.8 Å². The highest BCUT2D eigenvalue weighted by Gasteiger charge is 1.90. The van der Waals surface area contributed by atoms with Gasteiger partial charge in [-0.1, -0.05) is 26.8 Å². The highest BCUT2D eigenvalue weighted by molar-refractivity contribution is 7.09. The minimum atomic E-state index is 0.783. The second-order valence-corrected chi connectivity index (χ2v) is 3.16. The summed E-state index contributed by atoms with van der Waals surface area (Å²) in [7, 11) is 0. The van der Waals surface area contributed by atoms with Crippen LogP contribution in [0.25, 0.3) is 0 Å². The molecule has 0 spiro atoms. The van der Waals surface area contributed by atoms with Crippen molar-refractivity contribution in [2.75, 3.05) is 6.61 Å². The van der Waals surface area contributed by atoms with Crippen LogP contribution >= 0.6 is 11.3 Å². The van der Waals surface area contributed by atoms with Gasteiger partial charge in [0, 0.05) is 11.5 Å². The van der Waals surface area contributed by atoms with Crippen molar-refractivity contribution in [3.05, 3.63) is 22.4 Å². The Bertz CT molecular complexity index is 158. The fraction of sp³-hybridized carbons (Fsp3) is 0.600. The monoisotopic (exact) mass is 186 g/mol. The molecular formula is C10H18OS. The molecule has 0 atom stereocenters. The fourth-order valence-corrected chi connectivity index (χ4v) is 1.35. The van der Waals surface area contributed by atoms with E-state index in [9.17, 15) is 0 Å². The molecule has 0 fully saturated rings. The summed E-state index contributed by atoms with van der Waals surface area (Å²) in [4.78, 5) is 1.31. The van der Waals surface area contributed by atoms with E-state index in [1.807, 2.05) is 13.8 Å². The first kappa shape index (κ1) is 11.7. The summed E-state index contributed by atoms with van der Waals surface area (Å²) in [6.07, 6.45) is 1.10. The first-order chi connectivity index (χ1) is 5.93. The SMILES string of the molecule is CC.CCCOCc1cccs1. The molecule has 1 rings (SSSR count). The van der Waals surface area contributed by atoms with Gasteiger partial charge in [0.2, 0.25) is 0 Å². The minimum absolute atomic E-state index is 0.783. The average molecular weight is 186 g/mol. The molecule has 0 N–H and O–H groups in total. The average Bonchev–Trinajstić information content (AvgIpc) is 2.61. The molecule has 70 valence electrons. The second-order valence-electron chi connectivity index (χ2n) is 2.13. The molecule has 1 aromatic rings. The third kappa shape index (κ3) is 5.33. The van der Waals surface area contributed by atoms with E-state index < -0.39 is 0 Å². The summed E-state index contributed by atoms with van der Waals surface area (Å²) >= 11 is 1.75. The Balaban J connectivity index is 0.000000561. The predicted molar refractivity (Wildman–Crippen MR) is 55.6 cm³/mol. The zero-order valence-corrected chi connectivity index (χ0v) is 8.99. The van der Waals surface area contributed by atoms with E-state index in [1.54, 1.807) is 11.3 Å². The standard InChI is InChI=1S/C8H12OS.C2H6/c1-2-5-9-7-8-4-3-6-10-8;1-2/h3-4,6H,2,5,7H2,1H3;1-2H3. The molecule has 0 radical (unpaired) electrons. The smallest absolute Gasteiger partial charge is 0.0809 e. The Morgan fingerprint density at radius 3 is 2.67 bits per heavy atom. The second kappa shape index (κ2) is 8.75. The van der Waals surface area contributed by atoms with Gasteiger partial charge < -0.3 is 4.74 Å². The van der Waals surface area contributed by atoms with Gasteiger partial charge in [0.15, 0.2) is 0 Å². The Morgan fingerprint density at radius 2 is 2.17 bits per heavy atom. The maximum absolute atomic E-state index is 5.34. The predicted octanol–water partition coefficient (Wildman–Crippen LogP) is 3.70. The van der Waals surface area contributed by atoms with Gasteiger partial charge in [-0.2, -0.15) is 0 Å². The van der Waals surface area contributed by atoms with E-state index in [2.05, 4.69) is 24.4 Å². The van der Waals surface area contributed by atoms with Crippen molar-refractivity contribution in [3.63, 3.8) is 0 Å². The van der Waals surface area contributed by atoms with Crippen LogP contribution < -0.4 is 0 Å². The first-order valence-electron chi connectivity index (χ1n) is 4.53. The van der Waals surface area contributed by atoms with Gasteiger partial charge in [-0.3, -0.25) is 0 Å². The van der Waals surface area contributed by atoms with Crippen LogP contribution in [0.5, 0.6) is 0 Å². The molecule has 0 aliphatic carbocycles. The Kier molecular flexibility index (Phi) is 8.51. The molecular weight excluding hydrogens is 168 g/mol. The molecule has 0 bridgehead atoms. The number of thiophene rings is 1. The lowest BCUT2D eigenvalue weighted by Crippen LogP contribution is -1.90. The van der Waals surface area contributed by atoms with E-state index >= 15 is 0 Å². The van der Waals surface area contributed by atoms with E-state index in [0.717, 1.165) is 19.6 Å². The molecule has 0 aromatic carbocycles. The Hall–Kier alpha value is -0.340. The van der Waals surface area contributed by atoms with E-state index in [1.165, 1.54) is 4.88 Å². The zero-order chi connectivity index (χ0) is 9.23. The largest absolute Gasteiger partial charge is 0.376 e. The molecule has 0 saturated heterocycles. The molecule has 0 aliphatic heterocycles. The molecule has 0 unspecified atom stereocenters. The van der Waals surface area contributed by atoms with E-state index in [-0.39, 0.29) is 0 Å². The lowest BCUT2D eigenvalue weighted by molar-refractivity contribution is 0.123. The molecule has 0 amide bonds. The van der Waals surface area contributed by atoms with Crippen molar-refractivity contribution in [3.8, 4) is 0 Å². The third-order valence-corrected chi connectivity index (χ3v) is 2.02. The highest BCUT2D eigenvalue weighted by atomic mass is 32.1. The van der Waals surface area contributed by atoms with Gasteiger partial charge in [0.1, 0.15) is 0 Å². The van der Waals surface area contributed by atoms with Gasteiger partial charge in [0.05, 0.1) is 6.61 Å². The van der Waals surface area contributed by atoms with Crippen LogP contribution in [0.15, 0.2) is 17.5 Å². The summed E-state index contributed by atoms with van der Waals surface area (Å²) < 4.78 is 5.34. The molecule has 0 saturated carbocycles. The lowest BCUT2D eigenvalue weighted by Gasteiger charge is -1.97. The summed E-state index contributed by atoms with van der Waals surface area (Å²) in [5.74, 6) is 0. The molecule has 1 heterocycles. The summed E-state index contributed by atoms with van der Waals surface area (Å²) in [5.41, 5.74) is 0. The first-order valence-corrected chi connectivity index (χ1v) is 5.41. The quantitative estimate of drug-likeness (QED) is 0.651. The maximum Gasteiger partial charge on any atom is 0.0809 e. The minimum Gasteiger partial charge on any atom is -0.376 e. The van der Waals surface area contributed by atoms with Gasteiger partial charge in [-0.15, -0.1) is 11.3 Å². The number of ether oxygens (including phenoxy) is 1. The van der Waals surface area contributed by atoms with Gasteiger partial charge in [-0.05, 0) is 17.9 Å². The van der Waals surface area contributed by atoms with Crippen LogP contribution in [0.1, 0.15) is 32.1 Å². The van der Waals surface area contributed by atoms with Crippen LogP contribution in [0.2, 0.25) is 0 Å². The molecule has 12 heavy (non-hydrogen) atoms. The van der Waals surface area contributed by atoms with E-state index in [0.29, 0.717) is 0 Å². The normalized spacial score (nSPS) is 8.92. The van der Waals surface area contributed by atoms with Crippen LogP contribution in [0.3, 0.4) is 0 Å². The van der Waals surface area contributed by atoms with Crippen molar-refractivity contribution >= 4 is 11.3 Å². The lowest BCUT2D eigenvalue weighted by atomic mass is 10.5. The van der Waals surface area contributed by atoms with Crippen LogP contribution in [0.4, 0.5) is 0 Å². The van der Waals surface area contributed by atoms with Crippen LogP contribution in [-0.4, -0.2) is 6.61 Å². The zero-order valence-electron chi connectivity index (χ0n) is 8.17. The number of hydrogen-bond donors (Lipinski definition) is 0. The molecule has 1 aromatic heterocycles. The van der Waals surface area contributed by atoms with Crippen molar-refractivity contribution < 1.29 is 4.74 Å². The fourth-order valence-electron chi connectivity index (χ4n) is 0.712. The van der Waals surface area contributed by atoms with Crippen LogP contribution in [0, 0.1) is 0 Å². The van der Waals surface area contributed by atoms with Crippen molar-refractivity contribution in [1.29, 1.82) is 0 Å². The molecule has 1 nitrogen and oxygen atoms in total. The summed E-state index contributed by atoms with van der Waals surface area (Å²) in [5, 5.41) is 2.07. The Labute approximate surface area is 79.4 Å². The topological polar surface area (TPSA) is 9.23 Å². The van der Waals surface area contributed by atoms with Gasteiger partial charge in [-0.25, -0.2) is 0 Å². The van der Waals surface area contributed by atoms with Crippen molar-refractivity contribution in [2.24, 2.45) is 0 Å². The van der Waals surface area contributed by atoms with Gasteiger partial charge >= 0.3 is 0 Å². The highest BCUT2D eigenvalue weighted by Crippen LogP contribution is 2.09. The summed E-state index contributed by atoms with van der Waals surface area (Å²) in [6.45, 7) is 7.78. The van der Waals surface area contributed by atoms with Crippen molar-refractivity contribution in [1.82, 2.24) is 0 Å². The summed E-state index contributed by atoms with van der Waals surface area (Å²) in [6, 6.07) is 4.15. The van der Waals surface area contributed by atoms with E-state index in [4.69, 9.17) is 4.74 Å². The number of hydrogen-bond acceptors (Lipinski definition) is 2. The van der Waals surface area contributed by atoms with Crippen LogP contribution in [-0.2, 0) is 11.3 Å². The number of rotatable bonds is 4. The molecule has 0 aliphatic rings. The molecule has 2 heteroatoms.